The van der Waals surface area contributed by atoms with Gasteiger partial charge in [0.25, 0.3) is 0 Å². The predicted molar refractivity (Wildman–Crippen MR) is 79.9 cm³/mol. The van der Waals surface area contributed by atoms with Crippen LogP contribution in [0.1, 0.15) is 77.0 Å². The lowest BCUT2D eigenvalue weighted by atomic mass is 10.1. The van der Waals surface area contributed by atoms with Crippen molar-refractivity contribution in [1.82, 2.24) is 0 Å². The van der Waals surface area contributed by atoms with E-state index in [0.29, 0.717) is 0 Å². The van der Waals surface area contributed by atoms with Crippen LogP contribution in [0.3, 0.4) is 0 Å². The maximum absolute atomic E-state index is 5.63. The molecule has 98 valence electrons. The molecule has 0 aromatic rings. The summed E-state index contributed by atoms with van der Waals surface area (Å²) in [7, 11) is 0. The Morgan fingerprint density at radius 3 is 1.12 bits per heavy atom. The molecule has 0 aliphatic carbocycles. The molecule has 0 unspecified atom stereocenters. The van der Waals surface area contributed by atoms with Crippen LogP contribution in [-0.4, -0.2) is 11.2 Å². The first kappa shape index (κ1) is 16.8. The van der Waals surface area contributed by atoms with Crippen molar-refractivity contribution in [1.29, 1.82) is 0 Å². The molecule has 0 radical (unpaired) electrons. The minimum absolute atomic E-state index is 0.842. The molecule has 0 heterocycles. The average Bonchev–Trinajstić information content (AvgIpc) is 2.31. The molecule has 0 saturated heterocycles. The van der Waals surface area contributed by atoms with E-state index in [4.69, 9.17) is 11.6 Å². The van der Waals surface area contributed by atoms with E-state index in [1.165, 1.54) is 82.4 Å². The van der Waals surface area contributed by atoms with Gasteiger partial charge < -0.3 is 0 Å². The van der Waals surface area contributed by atoms with Crippen molar-refractivity contribution in [2.24, 2.45) is 0 Å². The number of halogens is 2. The Hall–Kier alpha value is 0.770. The van der Waals surface area contributed by atoms with Crippen molar-refractivity contribution in [2.75, 3.05) is 11.2 Å². The van der Waals surface area contributed by atoms with E-state index >= 15 is 0 Å². The average molecular weight is 312 g/mol. The van der Waals surface area contributed by atoms with Crippen LogP contribution in [0.5, 0.6) is 0 Å². The molecule has 0 aromatic heterocycles. The molecule has 0 amide bonds. The van der Waals surface area contributed by atoms with E-state index < -0.39 is 0 Å². The van der Waals surface area contributed by atoms with Gasteiger partial charge in [-0.2, -0.15) is 0 Å². The highest BCUT2D eigenvalue weighted by Crippen LogP contribution is 2.12. The first-order valence-corrected chi connectivity index (χ1v) is 8.69. The fraction of sp³-hybridized carbons (Fsp3) is 1.00. The van der Waals surface area contributed by atoms with Crippen LogP contribution in [0.25, 0.3) is 0 Å². The molecule has 0 spiro atoms. The van der Waals surface area contributed by atoms with Crippen LogP contribution < -0.4 is 0 Å². The SMILES string of the molecule is ClCCCCCCCCCCCCCCBr. The maximum atomic E-state index is 5.63. The van der Waals surface area contributed by atoms with Gasteiger partial charge in [-0.15, -0.1) is 11.6 Å². The van der Waals surface area contributed by atoms with Crippen molar-refractivity contribution in [3.05, 3.63) is 0 Å². The smallest absolute Gasteiger partial charge is 0.0223 e. The Balaban J connectivity index is 2.83. The van der Waals surface area contributed by atoms with Crippen molar-refractivity contribution < 1.29 is 0 Å². The van der Waals surface area contributed by atoms with E-state index in [2.05, 4.69) is 15.9 Å². The monoisotopic (exact) mass is 310 g/mol. The summed E-state index contributed by atoms with van der Waals surface area (Å²) >= 11 is 9.10. The predicted octanol–water partition coefficient (Wildman–Crippen LogP) is 6.30. The lowest BCUT2D eigenvalue weighted by Crippen LogP contribution is -1.83. The fourth-order valence-electron chi connectivity index (χ4n) is 1.96. The van der Waals surface area contributed by atoms with Gasteiger partial charge in [0.15, 0.2) is 0 Å². The molecule has 2 heteroatoms. The van der Waals surface area contributed by atoms with Gasteiger partial charge in [0.1, 0.15) is 0 Å². The Morgan fingerprint density at radius 1 is 0.500 bits per heavy atom. The number of hydrogen-bond donors (Lipinski definition) is 0. The van der Waals surface area contributed by atoms with Gasteiger partial charge in [-0.1, -0.05) is 80.1 Å². The molecule has 0 aliphatic rings. The number of rotatable bonds is 13. The van der Waals surface area contributed by atoms with E-state index in [0.717, 1.165) is 5.88 Å². The largest absolute Gasteiger partial charge is 0.127 e. The number of alkyl halides is 2. The van der Waals surface area contributed by atoms with Crippen molar-refractivity contribution in [2.45, 2.75) is 77.0 Å². The third-order valence-electron chi connectivity index (χ3n) is 3.02. The Morgan fingerprint density at radius 2 is 0.812 bits per heavy atom. The van der Waals surface area contributed by atoms with E-state index in [1.807, 2.05) is 0 Å². The molecule has 0 saturated carbocycles. The van der Waals surface area contributed by atoms with Crippen molar-refractivity contribution in [3.63, 3.8) is 0 Å². The highest BCUT2D eigenvalue weighted by Gasteiger charge is 1.93. The minimum Gasteiger partial charge on any atom is -0.127 e. The van der Waals surface area contributed by atoms with Crippen LogP contribution in [-0.2, 0) is 0 Å². The quantitative estimate of drug-likeness (QED) is 0.276. The number of hydrogen-bond acceptors (Lipinski definition) is 0. The van der Waals surface area contributed by atoms with Gasteiger partial charge in [-0.3, -0.25) is 0 Å². The lowest BCUT2D eigenvalue weighted by molar-refractivity contribution is 0.549. The zero-order chi connectivity index (χ0) is 11.9. The standard InChI is InChI=1S/C14H28BrCl/c15-13-11-9-7-5-3-1-2-4-6-8-10-12-14-16/h1-14H2. The summed E-state index contributed by atoms with van der Waals surface area (Å²) in [6.45, 7) is 0. The molecule has 16 heavy (non-hydrogen) atoms. The fourth-order valence-corrected chi connectivity index (χ4v) is 2.54. The van der Waals surface area contributed by atoms with Crippen molar-refractivity contribution >= 4 is 27.5 Å². The lowest BCUT2D eigenvalue weighted by Gasteiger charge is -2.02. The molecule has 0 atom stereocenters. The Labute approximate surface area is 116 Å². The Bertz CT molecular complexity index is 103. The Kier molecular flexibility index (Phi) is 16.5. The highest BCUT2D eigenvalue weighted by atomic mass is 79.9. The summed E-state index contributed by atoms with van der Waals surface area (Å²) in [5, 5.41) is 1.18. The number of unbranched alkanes of at least 4 members (excludes halogenated alkanes) is 11. The third-order valence-corrected chi connectivity index (χ3v) is 3.85. The molecule has 0 rings (SSSR count). The van der Waals surface area contributed by atoms with Gasteiger partial charge in [0.2, 0.25) is 0 Å². The summed E-state index contributed by atoms with van der Waals surface area (Å²) in [5.41, 5.74) is 0. The summed E-state index contributed by atoms with van der Waals surface area (Å²) in [5.74, 6) is 0.842. The van der Waals surface area contributed by atoms with Crippen molar-refractivity contribution in [3.8, 4) is 0 Å². The topological polar surface area (TPSA) is 0 Å². The summed E-state index contributed by atoms with van der Waals surface area (Å²) < 4.78 is 0. The molecule has 0 aliphatic heterocycles. The highest BCUT2D eigenvalue weighted by molar-refractivity contribution is 9.09. The van der Waals surface area contributed by atoms with Crippen LogP contribution in [0.4, 0.5) is 0 Å². The van der Waals surface area contributed by atoms with E-state index in [9.17, 15) is 0 Å². The summed E-state index contributed by atoms with van der Waals surface area (Å²) in [6.07, 6.45) is 16.7. The normalized spacial score (nSPS) is 10.9. The second-order valence-electron chi connectivity index (χ2n) is 4.62. The molecule has 0 N–H and O–H groups in total. The molecule has 0 bridgehead atoms. The molecule has 0 aromatic carbocycles. The second kappa shape index (κ2) is 15.8. The minimum atomic E-state index is 0.842. The molecular formula is C14H28BrCl. The first-order valence-electron chi connectivity index (χ1n) is 7.03. The summed E-state index contributed by atoms with van der Waals surface area (Å²) in [4.78, 5) is 0. The van der Waals surface area contributed by atoms with Crippen LogP contribution in [0.15, 0.2) is 0 Å². The van der Waals surface area contributed by atoms with Gasteiger partial charge in [-0.05, 0) is 12.8 Å². The zero-order valence-corrected chi connectivity index (χ0v) is 13.0. The third kappa shape index (κ3) is 14.8. The van der Waals surface area contributed by atoms with Crippen LogP contribution >= 0.6 is 27.5 Å². The molecular weight excluding hydrogens is 284 g/mol. The zero-order valence-electron chi connectivity index (χ0n) is 10.7. The van der Waals surface area contributed by atoms with Gasteiger partial charge >= 0.3 is 0 Å². The van der Waals surface area contributed by atoms with Gasteiger partial charge in [-0.25, -0.2) is 0 Å². The van der Waals surface area contributed by atoms with Gasteiger partial charge in [0, 0.05) is 11.2 Å². The molecule has 0 fully saturated rings. The van der Waals surface area contributed by atoms with E-state index in [-0.39, 0.29) is 0 Å². The van der Waals surface area contributed by atoms with Crippen LogP contribution in [0, 0.1) is 0 Å². The first-order chi connectivity index (χ1) is 7.91. The maximum Gasteiger partial charge on any atom is 0.0223 e. The summed E-state index contributed by atoms with van der Waals surface area (Å²) in [6, 6.07) is 0. The van der Waals surface area contributed by atoms with E-state index in [1.54, 1.807) is 0 Å². The van der Waals surface area contributed by atoms with Gasteiger partial charge in [0.05, 0.1) is 0 Å². The van der Waals surface area contributed by atoms with Crippen LogP contribution in [0.2, 0.25) is 0 Å². The second-order valence-corrected chi connectivity index (χ2v) is 5.79. The molecule has 0 nitrogen and oxygen atoms in total.